The molecule has 0 aliphatic heterocycles. The Labute approximate surface area is 119 Å². The summed E-state index contributed by atoms with van der Waals surface area (Å²) in [6, 6.07) is 3.90. The van der Waals surface area contributed by atoms with Crippen molar-refractivity contribution in [3.8, 4) is 0 Å². The Morgan fingerprint density at radius 2 is 2.00 bits per heavy atom. The van der Waals surface area contributed by atoms with Crippen LogP contribution in [-0.2, 0) is 14.8 Å². The molecule has 0 aliphatic carbocycles. The number of sulfonamides is 1. The molecule has 2 atom stereocenters. The highest BCUT2D eigenvalue weighted by molar-refractivity contribution is 7.89. The molecule has 1 aromatic carbocycles. The fourth-order valence-electron chi connectivity index (χ4n) is 1.79. The van der Waals surface area contributed by atoms with Crippen molar-refractivity contribution in [2.75, 3.05) is 5.32 Å². The second kappa shape index (κ2) is 6.34. The lowest BCUT2D eigenvalue weighted by atomic mass is 9.99. The van der Waals surface area contributed by atoms with Crippen LogP contribution in [0.3, 0.4) is 0 Å². The second-order valence-corrected chi connectivity index (χ2v) is 6.40. The van der Waals surface area contributed by atoms with Crippen molar-refractivity contribution in [2.45, 2.75) is 38.1 Å². The number of carbonyl (C=O) groups is 1. The number of hydrogen-bond acceptors (Lipinski definition) is 4. The van der Waals surface area contributed by atoms with Gasteiger partial charge in [0.15, 0.2) is 0 Å². The molecule has 6 nitrogen and oxygen atoms in total. The number of nitrogens with one attached hydrogen (secondary N) is 1. The van der Waals surface area contributed by atoms with Gasteiger partial charge in [0.25, 0.3) is 0 Å². The van der Waals surface area contributed by atoms with Gasteiger partial charge in [-0.15, -0.1) is 0 Å². The fourth-order valence-corrected chi connectivity index (χ4v) is 2.59. The zero-order chi connectivity index (χ0) is 15.5. The summed E-state index contributed by atoms with van der Waals surface area (Å²) < 4.78 is 22.8. The first-order valence-electron chi connectivity index (χ1n) is 6.37. The van der Waals surface area contributed by atoms with E-state index in [2.05, 4.69) is 5.32 Å². The van der Waals surface area contributed by atoms with Gasteiger partial charge in [-0.1, -0.05) is 26.3 Å². The van der Waals surface area contributed by atoms with Gasteiger partial charge in [0.1, 0.15) is 0 Å². The van der Waals surface area contributed by atoms with E-state index >= 15 is 0 Å². The average molecular weight is 299 g/mol. The van der Waals surface area contributed by atoms with E-state index in [1.54, 1.807) is 13.0 Å². The van der Waals surface area contributed by atoms with Gasteiger partial charge in [-0.3, -0.25) is 4.79 Å². The first-order valence-corrected chi connectivity index (χ1v) is 7.92. The predicted molar refractivity (Wildman–Crippen MR) is 78.6 cm³/mol. The molecule has 0 aromatic heterocycles. The normalized spacial score (nSPS) is 14.7. The number of hydrogen-bond donors (Lipinski definition) is 3. The molecule has 0 spiro atoms. The summed E-state index contributed by atoms with van der Waals surface area (Å²) in [4.78, 5) is 12.0. The van der Waals surface area contributed by atoms with Crippen LogP contribution in [0.5, 0.6) is 0 Å². The largest absolute Gasteiger partial charge is 0.324 e. The Balaban J connectivity index is 3.03. The van der Waals surface area contributed by atoms with Crippen LogP contribution in [0.4, 0.5) is 5.69 Å². The summed E-state index contributed by atoms with van der Waals surface area (Å²) in [5.41, 5.74) is 6.64. The summed E-state index contributed by atoms with van der Waals surface area (Å²) in [5, 5.41) is 7.78. The average Bonchev–Trinajstić information content (AvgIpc) is 2.37. The Morgan fingerprint density at radius 1 is 1.40 bits per heavy atom. The van der Waals surface area contributed by atoms with Gasteiger partial charge < -0.3 is 11.1 Å². The molecule has 0 saturated heterocycles. The minimum Gasteiger partial charge on any atom is -0.324 e. The van der Waals surface area contributed by atoms with Crippen LogP contribution in [0.2, 0.25) is 0 Å². The zero-order valence-corrected chi connectivity index (χ0v) is 12.7. The third-order valence-corrected chi connectivity index (χ3v) is 4.46. The highest BCUT2D eigenvalue weighted by atomic mass is 32.2. The minimum atomic E-state index is -3.82. The highest BCUT2D eigenvalue weighted by Gasteiger charge is 2.21. The minimum absolute atomic E-state index is 0.00703. The number of amides is 1. The van der Waals surface area contributed by atoms with E-state index in [4.69, 9.17) is 10.9 Å². The molecule has 0 radical (unpaired) electrons. The van der Waals surface area contributed by atoms with Crippen molar-refractivity contribution in [2.24, 2.45) is 16.8 Å². The Kier molecular flexibility index (Phi) is 5.27. The van der Waals surface area contributed by atoms with Crippen LogP contribution < -0.4 is 16.2 Å². The molecule has 1 unspecified atom stereocenters. The van der Waals surface area contributed by atoms with E-state index in [-0.39, 0.29) is 16.7 Å². The van der Waals surface area contributed by atoms with Gasteiger partial charge in [-0.05, 0) is 30.5 Å². The molecule has 1 rings (SSSR count). The van der Waals surface area contributed by atoms with Gasteiger partial charge in [-0.2, -0.15) is 0 Å². The molecule has 0 fully saturated rings. The lowest BCUT2D eigenvalue weighted by Crippen LogP contribution is -2.40. The maximum atomic E-state index is 12.0. The summed E-state index contributed by atoms with van der Waals surface area (Å²) in [6.07, 6.45) is 0.783. The van der Waals surface area contributed by atoms with Crippen molar-refractivity contribution >= 4 is 21.6 Å². The van der Waals surface area contributed by atoms with E-state index in [9.17, 15) is 13.2 Å². The Bertz CT molecular complexity index is 599. The summed E-state index contributed by atoms with van der Waals surface area (Å²) >= 11 is 0. The van der Waals surface area contributed by atoms with Crippen molar-refractivity contribution in [1.29, 1.82) is 0 Å². The molecular formula is C13H21N3O3S. The monoisotopic (exact) mass is 299 g/mol. The molecule has 7 heteroatoms. The quantitative estimate of drug-likeness (QED) is 0.750. The first-order chi connectivity index (χ1) is 9.18. The van der Waals surface area contributed by atoms with Crippen molar-refractivity contribution < 1.29 is 13.2 Å². The maximum absolute atomic E-state index is 12.0. The molecule has 5 N–H and O–H groups in total. The number of anilines is 1. The fraction of sp³-hybridized carbons (Fsp3) is 0.462. The van der Waals surface area contributed by atoms with E-state index < -0.39 is 16.1 Å². The zero-order valence-electron chi connectivity index (χ0n) is 11.9. The van der Waals surface area contributed by atoms with Crippen molar-refractivity contribution in [1.82, 2.24) is 0 Å². The predicted octanol–water partition coefficient (Wildman–Crippen LogP) is 0.954. The summed E-state index contributed by atoms with van der Waals surface area (Å²) in [6.45, 7) is 5.42. The maximum Gasteiger partial charge on any atom is 0.241 e. The van der Waals surface area contributed by atoms with E-state index in [1.165, 1.54) is 12.1 Å². The topological polar surface area (TPSA) is 115 Å². The lowest BCUT2D eigenvalue weighted by molar-refractivity contribution is -0.118. The van der Waals surface area contributed by atoms with Crippen LogP contribution in [0.1, 0.15) is 25.8 Å². The third kappa shape index (κ3) is 3.78. The second-order valence-electron chi connectivity index (χ2n) is 4.87. The van der Waals surface area contributed by atoms with Crippen LogP contribution in [-0.4, -0.2) is 20.4 Å². The molecule has 1 aromatic rings. The third-order valence-electron chi connectivity index (χ3n) is 3.41. The van der Waals surface area contributed by atoms with Gasteiger partial charge in [0.05, 0.1) is 10.9 Å². The van der Waals surface area contributed by atoms with E-state index in [0.29, 0.717) is 11.3 Å². The molecule has 1 amide bonds. The van der Waals surface area contributed by atoms with Gasteiger partial charge in [0.2, 0.25) is 15.9 Å². The molecule has 0 heterocycles. The van der Waals surface area contributed by atoms with Crippen molar-refractivity contribution in [3.63, 3.8) is 0 Å². The van der Waals surface area contributed by atoms with Crippen molar-refractivity contribution in [3.05, 3.63) is 23.8 Å². The highest BCUT2D eigenvalue weighted by Crippen LogP contribution is 2.22. The first kappa shape index (κ1) is 16.6. The van der Waals surface area contributed by atoms with Gasteiger partial charge in [-0.25, -0.2) is 13.6 Å². The van der Waals surface area contributed by atoms with Gasteiger partial charge in [0, 0.05) is 5.69 Å². The summed E-state index contributed by atoms with van der Waals surface area (Å²) in [7, 11) is -3.82. The number of rotatable bonds is 5. The molecule has 0 bridgehead atoms. The Hall–Kier alpha value is -1.44. The van der Waals surface area contributed by atoms with E-state index in [0.717, 1.165) is 6.42 Å². The van der Waals surface area contributed by atoms with Crippen LogP contribution in [0.15, 0.2) is 23.1 Å². The molecule has 0 aliphatic rings. The van der Waals surface area contributed by atoms with Crippen LogP contribution in [0, 0.1) is 12.8 Å². The van der Waals surface area contributed by atoms with Gasteiger partial charge >= 0.3 is 0 Å². The number of primary sulfonamides is 1. The molecular weight excluding hydrogens is 278 g/mol. The smallest absolute Gasteiger partial charge is 0.241 e. The summed E-state index contributed by atoms with van der Waals surface area (Å²) in [5.74, 6) is -0.300. The standard InChI is InChI=1S/C13H21N3O3S/c1-4-8(2)12(14)13(17)16-10-6-5-7-11(9(10)3)20(15,18)19/h5-8,12H,4,14H2,1-3H3,(H,16,17)(H2,15,18,19)/t8?,12-/m0/s1. The number of benzene rings is 1. The molecule has 112 valence electrons. The molecule has 20 heavy (non-hydrogen) atoms. The van der Waals surface area contributed by atoms with E-state index in [1.807, 2.05) is 13.8 Å². The van der Waals surface area contributed by atoms with Crippen LogP contribution >= 0.6 is 0 Å². The number of carbonyl (C=O) groups excluding carboxylic acids is 1. The Morgan fingerprint density at radius 3 is 2.50 bits per heavy atom. The lowest BCUT2D eigenvalue weighted by Gasteiger charge is -2.19. The molecule has 0 saturated carbocycles. The number of nitrogens with two attached hydrogens (primary N) is 2. The van der Waals surface area contributed by atoms with Crippen LogP contribution in [0.25, 0.3) is 0 Å². The SMILES string of the molecule is CCC(C)[C@H](N)C(=O)Nc1cccc(S(N)(=O)=O)c1C.